The number of allylic oxidation sites excluding steroid dienone is 12. The fourth-order valence-corrected chi connectivity index (χ4v) is 5.78. The molecule has 1 unspecified atom stereocenters. The van der Waals surface area contributed by atoms with E-state index in [1.54, 1.807) is 0 Å². The largest absolute Gasteiger partial charge is 0.472 e. The molecular formula is C44H77NO8P+. The van der Waals surface area contributed by atoms with Gasteiger partial charge in [-0.25, -0.2) is 4.57 Å². The van der Waals surface area contributed by atoms with E-state index in [0.717, 1.165) is 103 Å². The molecule has 1 N–H and O–H groups in total. The van der Waals surface area contributed by atoms with Gasteiger partial charge in [-0.15, -0.1) is 0 Å². The maximum atomic E-state index is 12.7. The van der Waals surface area contributed by atoms with E-state index in [2.05, 4.69) is 86.8 Å². The Kier molecular flexibility index (Phi) is 34.4. The first-order valence-electron chi connectivity index (χ1n) is 20.7. The zero-order valence-corrected chi connectivity index (χ0v) is 35.6. The summed E-state index contributed by atoms with van der Waals surface area (Å²) in [6.45, 7) is 4.13. The number of nitrogens with zero attached hydrogens (tertiary/aromatic N) is 1. The molecule has 0 bridgehead atoms. The van der Waals surface area contributed by atoms with E-state index < -0.39 is 32.5 Å². The second kappa shape index (κ2) is 36.1. The lowest BCUT2D eigenvalue weighted by molar-refractivity contribution is -0.870. The molecule has 0 aliphatic rings. The van der Waals surface area contributed by atoms with Crippen molar-refractivity contribution in [2.45, 2.75) is 148 Å². The SMILES string of the molecule is CC/C=C\C/C=C\C/C=C\CCCCCCCC(=O)OC[C@H](COP(=O)(O)OCC[N+](C)(C)C)OC(=O)CCCCCCC/C=C\C/C=C\C/C=C\CC. The van der Waals surface area contributed by atoms with Gasteiger partial charge in [-0.3, -0.25) is 18.6 Å². The predicted molar refractivity (Wildman–Crippen MR) is 224 cm³/mol. The minimum Gasteiger partial charge on any atom is -0.462 e. The third-order valence-electron chi connectivity index (χ3n) is 8.23. The summed E-state index contributed by atoms with van der Waals surface area (Å²) in [5.41, 5.74) is 0. The van der Waals surface area contributed by atoms with E-state index >= 15 is 0 Å². The van der Waals surface area contributed by atoms with Crippen LogP contribution in [0.4, 0.5) is 0 Å². The maximum Gasteiger partial charge on any atom is 0.472 e. The van der Waals surface area contributed by atoms with E-state index in [0.29, 0.717) is 23.9 Å². The fraction of sp³-hybridized carbons (Fsp3) is 0.682. The van der Waals surface area contributed by atoms with Gasteiger partial charge in [0, 0.05) is 12.8 Å². The van der Waals surface area contributed by atoms with E-state index in [1.807, 2.05) is 21.1 Å². The number of esters is 2. The Hall–Kier alpha value is -2.55. The third-order valence-corrected chi connectivity index (χ3v) is 9.22. The Morgan fingerprint density at radius 3 is 1.48 bits per heavy atom. The van der Waals surface area contributed by atoms with E-state index in [9.17, 15) is 19.0 Å². The van der Waals surface area contributed by atoms with Crippen LogP contribution >= 0.6 is 7.82 Å². The van der Waals surface area contributed by atoms with Gasteiger partial charge >= 0.3 is 19.8 Å². The Labute approximate surface area is 329 Å². The van der Waals surface area contributed by atoms with Gasteiger partial charge in [-0.05, 0) is 77.0 Å². The number of rotatable bonds is 36. The van der Waals surface area contributed by atoms with Crippen LogP contribution in [0, 0.1) is 0 Å². The monoisotopic (exact) mass is 779 g/mol. The smallest absolute Gasteiger partial charge is 0.462 e. The van der Waals surface area contributed by atoms with Crippen LogP contribution in [0.3, 0.4) is 0 Å². The molecular weight excluding hydrogens is 701 g/mol. The molecule has 0 heterocycles. The molecule has 0 saturated carbocycles. The summed E-state index contributed by atoms with van der Waals surface area (Å²) in [5.74, 6) is -0.847. The van der Waals surface area contributed by atoms with Gasteiger partial charge in [-0.2, -0.15) is 0 Å². The molecule has 54 heavy (non-hydrogen) atoms. The molecule has 0 saturated heterocycles. The van der Waals surface area contributed by atoms with Gasteiger partial charge < -0.3 is 18.9 Å². The van der Waals surface area contributed by atoms with E-state index in [4.69, 9.17) is 18.5 Å². The fourth-order valence-electron chi connectivity index (χ4n) is 5.04. The van der Waals surface area contributed by atoms with Crippen molar-refractivity contribution in [2.75, 3.05) is 47.5 Å². The summed E-state index contributed by atoms with van der Waals surface area (Å²) in [5, 5.41) is 0. The maximum absolute atomic E-state index is 12.7. The summed E-state index contributed by atoms with van der Waals surface area (Å²) in [6.07, 6.45) is 43.8. The van der Waals surface area contributed by atoms with Gasteiger partial charge in [0.2, 0.25) is 0 Å². The zero-order valence-electron chi connectivity index (χ0n) is 34.7. The molecule has 0 radical (unpaired) electrons. The zero-order chi connectivity index (χ0) is 40.0. The van der Waals surface area contributed by atoms with Crippen LogP contribution in [0.2, 0.25) is 0 Å². The molecule has 310 valence electrons. The van der Waals surface area contributed by atoms with Crippen molar-refractivity contribution < 1.29 is 42.1 Å². The Morgan fingerprint density at radius 2 is 1.00 bits per heavy atom. The molecule has 0 aliphatic carbocycles. The van der Waals surface area contributed by atoms with Crippen LogP contribution in [-0.4, -0.2) is 74.9 Å². The summed E-state index contributed by atoms with van der Waals surface area (Å²) in [6, 6.07) is 0. The van der Waals surface area contributed by atoms with Gasteiger partial charge in [0.05, 0.1) is 27.7 Å². The molecule has 0 amide bonds. The van der Waals surface area contributed by atoms with E-state index in [-0.39, 0.29) is 26.1 Å². The molecule has 10 heteroatoms. The number of carbonyl (C=O) groups excluding carboxylic acids is 2. The van der Waals surface area contributed by atoms with Crippen molar-refractivity contribution in [1.82, 2.24) is 0 Å². The average molecular weight is 779 g/mol. The highest BCUT2D eigenvalue weighted by molar-refractivity contribution is 7.47. The lowest BCUT2D eigenvalue weighted by atomic mass is 10.1. The highest BCUT2D eigenvalue weighted by atomic mass is 31.2. The first kappa shape index (κ1) is 51.5. The standard InChI is InChI=1S/C44H76NO8P/c1-6-8-10-12-14-16-18-20-22-24-26-28-30-32-34-36-43(46)50-40-42(41-52-54(48,49)51-39-38-45(3,4)5)53-44(47)37-35-33-31-29-27-25-23-21-19-17-15-13-11-9-7-2/h8-11,14-17,20-23,42H,6-7,12-13,18-19,24-41H2,1-5H3/p+1/b10-8-,11-9-,16-14-,17-15-,22-20-,23-21-/t42-/m1/s1. The topological polar surface area (TPSA) is 108 Å². The second-order valence-corrected chi connectivity index (χ2v) is 16.1. The molecule has 0 rings (SSSR count). The normalized spacial score (nSPS) is 14.4. The van der Waals surface area contributed by atoms with Crippen molar-refractivity contribution in [3.63, 3.8) is 0 Å². The summed E-state index contributed by atoms with van der Waals surface area (Å²) >= 11 is 0. The molecule has 0 aromatic heterocycles. The van der Waals surface area contributed by atoms with Gasteiger partial charge in [0.1, 0.15) is 19.8 Å². The lowest BCUT2D eigenvalue weighted by Gasteiger charge is -2.24. The van der Waals surface area contributed by atoms with Crippen LogP contribution < -0.4 is 0 Å². The number of likely N-dealkylation sites (N-methyl/N-ethyl adjacent to an activating group) is 1. The first-order chi connectivity index (χ1) is 26.0. The summed E-state index contributed by atoms with van der Waals surface area (Å²) in [7, 11) is 1.44. The molecule has 0 aliphatic heterocycles. The summed E-state index contributed by atoms with van der Waals surface area (Å²) < 4.78 is 34.2. The van der Waals surface area contributed by atoms with Crippen LogP contribution in [-0.2, 0) is 32.7 Å². The first-order valence-corrected chi connectivity index (χ1v) is 22.2. The number of hydrogen-bond acceptors (Lipinski definition) is 7. The molecule has 0 aromatic carbocycles. The molecule has 0 fully saturated rings. The van der Waals surface area contributed by atoms with Gasteiger partial charge in [0.15, 0.2) is 6.10 Å². The Balaban J connectivity index is 4.47. The van der Waals surface area contributed by atoms with Crippen molar-refractivity contribution in [3.8, 4) is 0 Å². The molecule has 0 aromatic rings. The van der Waals surface area contributed by atoms with E-state index in [1.165, 1.54) is 0 Å². The Morgan fingerprint density at radius 1 is 0.574 bits per heavy atom. The number of carbonyl (C=O) groups is 2. The van der Waals surface area contributed by atoms with Crippen LogP contribution in [0.15, 0.2) is 72.9 Å². The van der Waals surface area contributed by atoms with Crippen LogP contribution in [0.5, 0.6) is 0 Å². The number of hydrogen-bond donors (Lipinski definition) is 1. The van der Waals surface area contributed by atoms with Crippen molar-refractivity contribution in [2.24, 2.45) is 0 Å². The predicted octanol–water partition coefficient (Wildman–Crippen LogP) is 11.5. The highest BCUT2D eigenvalue weighted by Gasteiger charge is 2.27. The minimum atomic E-state index is -4.38. The minimum absolute atomic E-state index is 0.0211. The second-order valence-electron chi connectivity index (χ2n) is 14.6. The summed E-state index contributed by atoms with van der Waals surface area (Å²) in [4.78, 5) is 35.3. The van der Waals surface area contributed by atoms with Crippen LogP contribution in [0.1, 0.15) is 142 Å². The average Bonchev–Trinajstić information content (AvgIpc) is 3.12. The van der Waals surface area contributed by atoms with Crippen molar-refractivity contribution in [1.29, 1.82) is 0 Å². The number of unbranched alkanes of at least 4 members (excludes halogenated alkanes) is 10. The number of ether oxygens (including phenoxy) is 2. The molecule has 9 nitrogen and oxygen atoms in total. The lowest BCUT2D eigenvalue weighted by Crippen LogP contribution is -2.37. The number of quaternary nitrogens is 1. The number of phosphoric ester groups is 1. The number of phosphoric acid groups is 1. The quantitative estimate of drug-likeness (QED) is 0.0220. The van der Waals surface area contributed by atoms with Crippen molar-refractivity contribution >= 4 is 19.8 Å². The van der Waals surface area contributed by atoms with Crippen LogP contribution in [0.25, 0.3) is 0 Å². The highest BCUT2D eigenvalue weighted by Crippen LogP contribution is 2.43. The molecule has 2 atom stereocenters. The van der Waals surface area contributed by atoms with Gasteiger partial charge in [-0.1, -0.05) is 125 Å². The molecule has 0 spiro atoms. The van der Waals surface area contributed by atoms with Gasteiger partial charge in [0.25, 0.3) is 0 Å². The Bertz CT molecular complexity index is 1150. The van der Waals surface area contributed by atoms with Crippen molar-refractivity contribution in [3.05, 3.63) is 72.9 Å². The third kappa shape index (κ3) is 39.2.